The van der Waals surface area contributed by atoms with E-state index in [9.17, 15) is 4.39 Å². The van der Waals surface area contributed by atoms with Gasteiger partial charge in [0.1, 0.15) is 11.6 Å². The van der Waals surface area contributed by atoms with Crippen LogP contribution in [0.1, 0.15) is 6.92 Å². The first-order chi connectivity index (χ1) is 7.69. The summed E-state index contributed by atoms with van der Waals surface area (Å²) < 4.78 is 12.9. The molecule has 0 aliphatic rings. The monoisotopic (exact) mass is 219 g/mol. The van der Waals surface area contributed by atoms with Gasteiger partial charge in [-0.3, -0.25) is 0 Å². The van der Waals surface area contributed by atoms with Crippen LogP contribution in [0.2, 0.25) is 0 Å². The first-order valence-electron chi connectivity index (χ1n) is 5.22. The van der Waals surface area contributed by atoms with E-state index in [1.54, 1.807) is 6.07 Å². The first kappa shape index (κ1) is 10.8. The van der Waals surface area contributed by atoms with Crippen molar-refractivity contribution in [3.8, 4) is 0 Å². The normalized spacial score (nSPS) is 12.7. The molecule has 0 saturated heterocycles. The minimum absolute atomic E-state index is 0.172. The largest absolute Gasteiger partial charge is 0.366 e. The molecule has 1 atom stereocenters. The van der Waals surface area contributed by atoms with Crippen LogP contribution in [0, 0.1) is 5.82 Å². The molecule has 84 valence electrons. The van der Waals surface area contributed by atoms with Gasteiger partial charge in [-0.15, -0.1) is 0 Å². The van der Waals surface area contributed by atoms with E-state index >= 15 is 0 Å². The molecule has 1 aromatic heterocycles. The van der Waals surface area contributed by atoms with E-state index in [2.05, 4.69) is 10.3 Å². The predicted octanol–water partition coefficient (Wildman–Crippen LogP) is 2.13. The number of nitrogens with one attached hydrogen (secondary N) is 1. The molecule has 1 heterocycles. The van der Waals surface area contributed by atoms with Crippen molar-refractivity contribution in [2.75, 3.05) is 11.9 Å². The number of halogens is 1. The fourth-order valence-electron chi connectivity index (χ4n) is 1.49. The Morgan fingerprint density at radius 1 is 1.38 bits per heavy atom. The molecule has 0 fully saturated rings. The van der Waals surface area contributed by atoms with Crippen LogP contribution in [0.4, 0.5) is 10.2 Å². The molecule has 0 amide bonds. The maximum Gasteiger partial charge on any atom is 0.126 e. The third-order valence-corrected chi connectivity index (χ3v) is 2.40. The van der Waals surface area contributed by atoms with Crippen LogP contribution < -0.4 is 11.1 Å². The minimum atomic E-state index is -0.245. The van der Waals surface area contributed by atoms with E-state index in [1.165, 1.54) is 12.1 Å². The quantitative estimate of drug-likeness (QED) is 0.831. The number of hydrogen-bond donors (Lipinski definition) is 2. The Labute approximate surface area is 93.5 Å². The van der Waals surface area contributed by atoms with Crippen molar-refractivity contribution in [1.82, 2.24) is 4.98 Å². The second kappa shape index (κ2) is 4.45. The molecule has 4 heteroatoms. The molecular formula is C12H14FN3. The van der Waals surface area contributed by atoms with Crippen LogP contribution >= 0.6 is 0 Å². The van der Waals surface area contributed by atoms with Crippen LogP contribution in [0.5, 0.6) is 0 Å². The Balaban J connectivity index is 2.33. The molecule has 0 saturated carbocycles. The number of benzene rings is 1. The van der Waals surface area contributed by atoms with Crippen molar-refractivity contribution >= 4 is 16.7 Å². The van der Waals surface area contributed by atoms with E-state index in [-0.39, 0.29) is 11.9 Å². The van der Waals surface area contributed by atoms with Crippen LogP contribution in [0.15, 0.2) is 30.3 Å². The summed E-state index contributed by atoms with van der Waals surface area (Å²) in [7, 11) is 0. The van der Waals surface area contributed by atoms with Gasteiger partial charge >= 0.3 is 0 Å². The Morgan fingerprint density at radius 2 is 2.19 bits per heavy atom. The van der Waals surface area contributed by atoms with E-state index < -0.39 is 0 Å². The van der Waals surface area contributed by atoms with Crippen molar-refractivity contribution in [1.29, 1.82) is 0 Å². The molecule has 3 nitrogen and oxygen atoms in total. The number of nitrogens with zero attached hydrogens (tertiary/aromatic N) is 1. The van der Waals surface area contributed by atoms with Crippen LogP contribution in [0.25, 0.3) is 10.9 Å². The number of rotatable bonds is 3. The zero-order valence-electron chi connectivity index (χ0n) is 9.07. The highest BCUT2D eigenvalue weighted by molar-refractivity contribution is 5.80. The third-order valence-electron chi connectivity index (χ3n) is 2.40. The number of anilines is 1. The smallest absolute Gasteiger partial charge is 0.126 e. The summed E-state index contributed by atoms with van der Waals surface area (Å²) in [4.78, 5) is 4.37. The van der Waals surface area contributed by atoms with E-state index in [4.69, 9.17) is 5.73 Å². The third kappa shape index (κ3) is 2.28. The summed E-state index contributed by atoms with van der Waals surface area (Å²) >= 11 is 0. The Hall–Kier alpha value is -1.68. The summed E-state index contributed by atoms with van der Waals surface area (Å²) in [5, 5.41) is 3.97. The van der Waals surface area contributed by atoms with Gasteiger partial charge in [-0.05, 0) is 37.3 Å². The molecule has 1 unspecified atom stereocenters. The SMILES string of the molecule is CC(CN)Nc1ccc2cc(F)ccc2n1. The molecular weight excluding hydrogens is 205 g/mol. The Kier molecular flexibility index (Phi) is 3.01. The molecule has 0 spiro atoms. The molecule has 0 radical (unpaired) electrons. The molecule has 16 heavy (non-hydrogen) atoms. The lowest BCUT2D eigenvalue weighted by atomic mass is 10.2. The summed E-state index contributed by atoms with van der Waals surface area (Å²) in [6, 6.07) is 8.39. The number of aromatic nitrogens is 1. The molecule has 2 rings (SSSR count). The number of hydrogen-bond acceptors (Lipinski definition) is 3. The van der Waals surface area contributed by atoms with Gasteiger partial charge in [-0.25, -0.2) is 9.37 Å². The van der Waals surface area contributed by atoms with Crippen LogP contribution in [0.3, 0.4) is 0 Å². The topological polar surface area (TPSA) is 50.9 Å². The number of nitrogens with two attached hydrogens (primary N) is 1. The lowest BCUT2D eigenvalue weighted by Crippen LogP contribution is -2.25. The molecule has 1 aromatic carbocycles. The van der Waals surface area contributed by atoms with Gasteiger partial charge in [0.2, 0.25) is 0 Å². The predicted molar refractivity (Wildman–Crippen MR) is 63.8 cm³/mol. The number of fused-ring (bicyclic) bond motifs is 1. The lowest BCUT2D eigenvalue weighted by Gasteiger charge is -2.12. The van der Waals surface area contributed by atoms with E-state index in [1.807, 2.05) is 19.1 Å². The molecule has 3 N–H and O–H groups in total. The second-order valence-electron chi connectivity index (χ2n) is 3.81. The highest BCUT2D eigenvalue weighted by Gasteiger charge is 2.02. The van der Waals surface area contributed by atoms with E-state index in [0.717, 1.165) is 16.7 Å². The average molecular weight is 219 g/mol. The van der Waals surface area contributed by atoms with Gasteiger partial charge in [0.25, 0.3) is 0 Å². The summed E-state index contributed by atoms with van der Waals surface area (Å²) in [6.45, 7) is 2.53. The van der Waals surface area contributed by atoms with E-state index in [0.29, 0.717) is 6.54 Å². The average Bonchev–Trinajstić information content (AvgIpc) is 2.29. The van der Waals surface area contributed by atoms with Gasteiger partial charge < -0.3 is 11.1 Å². The van der Waals surface area contributed by atoms with Gasteiger partial charge in [0, 0.05) is 18.0 Å². The maximum absolute atomic E-state index is 12.9. The summed E-state index contributed by atoms with van der Waals surface area (Å²) in [6.07, 6.45) is 0. The maximum atomic E-state index is 12.9. The summed E-state index contributed by atoms with van der Waals surface area (Å²) in [5.74, 6) is 0.516. The Morgan fingerprint density at radius 3 is 2.94 bits per heavy atom. The van der Waals surface area contributed by atoms with Gasteiger partial charge in [0.05, 0.1) is 5.52 Å². The highest BCUT2D eigenvalue weighted by Crippen LogP contribution is 2.16. The van der Waals surface area contributed by atoms with Crippen molar-refractivity contribution in [2.45, 2.75) is 13.0 Å². The fourth-order valence-corrected chi connectivity index (χ4v) is 1.49. The second-order valence-corrected chi connectivity index (χ2v) is 3.81. The number of pyridine rings is 1. The first-order valence-corrected chi connectivity index (χ1v) is 5.22. The van der Waals surface area contributed by atoms with Gasteiger partial charge in [-0.1, -0.05) is 0 Å². The van der Waals surface area contributed by atoms with Crippen molar-refractivity contribution in [2.24, 2.45) is 5.73 Å². The van der Waals surface area contributed by atoms with Gasteiger partial charge in [0.15, 0.2) is 0 Å². The Bertz CT molecular complexity index is 499. The van der Waals surface area contributed by atoms with Crippen molar-refractivity contribution < 1.29 is 4.39 Å². The zero-order chi connectivity index (χ0) is 11.5. The standard InChI is InChI=1S/C12H14FN3/c1-8(7-14)15-12-5-2-9-6-10(13)3-4-11(9)16-12/h2-6,8H,7,14H2,1H3,(H,15,16). The van der Waals surface area contributed by atoms with Crippen molar-refractivity contribution in [3.63, 3.8) is 0 Å². The van der Waals surface area contributed by atoms with Gasteiger partial charge in [-0.2, -0.15) is 0 Å². The summed E-state index contributed by atoms with van der Waals surface area (Å²) in [5.41, 5.74) is 6.29. The minimum Gasteiger partial charge on any atom is -0.366 e. The van der Waals surface area contributed by atoms with Crippen LogP contribution in [-0.4, -0.2) is 17.6 Å². The molecule has 0 bridgehead atoms. The lowest BCUT2D eigenvalue weighted by molar-refractivity contribution is 0.629. The highest BCUT2D eigenvalue weighted by atomic mass is 19.1. The van der Waals surface area contributed by atoms with Crippen LogP contribution in [-0.2, 0) is 0 Å². The molecule has 0 aliphatic heterocycles. The fraction of sp³-hybridized carbons (Fsp3) is 0.250. The van der Waals surface area contributed by atoms with Crippen molar-refractivity contribution in [3.05, 3.63) is 36.1 Å². The zero-order valence-corrected chi connectivity index (χ0v) is 9.07. The molecule has 2 aromatic rings. The molecule has 0 aliphatic carbocycles.